The maximum atomic E-state index is 11.9. The highest BCUT2D eigenvalue weighted by atomic mass is 32.2. The molecule has 0 saturated carbocycles. The van der Waals surface area contributed by atoms with Crippen molar-refractivity contribution in [2.24, 2.45) is 17.3 Å². The van der Waals surface area contributed by atoms with Gasteiger partial charge in [0.05, 0.1) is 12.2 Å². The molecule has 2 heterocycles. The number of rotatable bonds is 8. The third-order valence-electron chi connectivity index (χ3n) is 5.33. The molecule has 2 rings (SSSR count). The van der Waals surface area contributed by atoms with E-state index in [2.05, 4.69) is 18.4 Å². The average molecular weight is 342 g/mol. The minimum atomic E-state index is -0.523. The van der Waals surface area contributed by atoms with Crippen LogP contribution in [-0.4, -0.2) is 47.4 Å². The van der Waals surface area contributed by atoms with E-state index in [1.807, 2.05) is 25.6 Å². The highest BCUT2D eigenvalue weighted by molar-refractivity contribution is 7.98. The SMILES string of the molecule is CSC[C@@H]1[C@H](C/C=C\CCC(C)(C)C(=O)N(C)O)[C@@H]2CC[C@H]1O2. The van der Waals surface area contributed by atoms with Gasteiger partial charge >= 0.3 is 0 Å². The monoisotopic (exact) mass is 341 g/mol. The molecule has 2 aliphatic rings. The van der Waals surface area contributed by atoms with Crippen molar-refractivity contribution >= 4 is 17.7 Å². The first-order chi connectivity index (χ1) is 10.9. The van der Waals surface area contributed by atoms with Crippen LogP contribution in [0.3, 0.4) is 0 Å². The third-order valence-corrected chi connectivity index (χ3v) is 6.05. The van der Waals surface area contributed by atoms with E-state index in [0.29, 0.717) is 29.1 Å². The van der Waals surface area contributed by atoms with Crippen LogP contribution in [0.25, 0.3) is 0 Å². The van der Waals surface area contributed by atoms with Crippen LogP contribution in [0.1, 0.15) is 46.0 Å². The topological polar surface area (TPSA) is 49.8 Å². The number of nitrogens with zero attached hydrogens (tertiary/aromatic N) is 1. The Hall–Kier alpha value is -0.520. The molecule has 2 bridgehead atoms. The lowest BCUT2D eigenvalue weighted by molar-refractivity contribution is -0.169. The second kappa shape index (κ2) is 8.04. The van der Waals surface area contributed by atoms with E-state index in [-0.39, 0.29) is 5.91 Å². The Morgan fingerprint density at radius 2 is 1.96 bits per heavy atom. The van der Waals surface area contributed by atoms with E-state index in [9.17, 15) is 10.0 Å². The maximum Gasteiger partial charge on any atom is 0.251 e. The van der Waals surface area contributed by atoms with Gasteiger partial charge in [0.15, 0.2) is 0 Å². The summed E-state index contributed by atoms with van der Waals surface area (Å²) in [7, 11) is 1.39. The van der Waals surface area contributed by atoms with Crippen molar-refractivity contribution in [3.05, 3.63) is 12.2 Å². The molecule has 1 N–H and O–H groups in total. The second-order valence-electron chi connectivity index (χ2n) is 7.53. The van der Waals surface area contributed by atoms with Gasteiger partial charge in [-0.2, -0.15) is 11.8 Å². The van der Waals surface area contributed by atoms with Crippen molar-refractivity contribution in [3.8, 4) is 0 Å². The van der Waals surface area contributed by atoms with E-state index >= 15 is 0 Å². The standard InChI is InChI=1S/C18H31NO3S/c1-18(2,17(20)19(3)21)11-7-5-6-8-13-14(12-23-4)16-10-9-15(13)22-16/h5-6,13-16,21H,7-12H2,1-4H3/b6-5-/t13-,14+,15-,16+/m0/s1. The van der Waals surface area contributed by atoms with Crippen molar-refractivity contribution in [3.63, 3.8) is 0 Å². The lowest BCUT2D eigenvalue weighted by atomic mass is 9.78. The van der Waals surface area contributed by atoms with Gasteiger partial charge in [0, 0.05) is 12.5 Å². The fourth-order valence-electron chi connectivity index (χ4n) is 3.98. The minimum Gasteiger partial charge on any atom is -0.374 e. The molecule has 4 nitrogen and oxygen atoms in total. The quantitative estimate of drug-likeness (QED) is 0.415. The molecule has 132 valence electrons. The summed E-state index contributed by atoms with van der Waals surface area (Å²) in [5.41, 5.74) is -0.523. The van der Waals surface area contributed by atoms with Gasteiger partial charge in [0.2, 0.25) is 0 Å². The normalized spacial score (nSPS) is 30.3. The highest BCUT2D eigenvalue weighted by Crippen LogP contribution is 2.46. The van der Waals surface area contributed by atoms with Gasteiger partial charge in [-0.15, -0.1) is 0 Å². The van der Waals surface area contributed by atoms with Gasteiger partial charge in [0.25, 0.3) is 5.91 Å². The van der Waals surface area contributed by atoms with Gasteiger partial charge in [-0.3, -0.25) is 10.0 Å². The number of hydroxylamine groups is 2. The Kier molecular flexibility index (Phi) is 6.57. The summed E-state index contributed by atoms with van der Waals surface area (Å²) in [6.07, 6.45) is 12.7. The molecule has 2 fully saturated rings. The molecule has 1 amide bonds. The van der Waals surface area contributed by atoms with E-state index in [1.165, 1.54) is 25.6 Å². The van der Waals surface area contributed by atoms with Crippen LogP contribution in [0.4, 0.5) is 0 Å². The van der Waals surface area contributed by atoms with Gasteiger partial charge in [-0.05, 0) is 55.9 Å². The number of carbonyl (C=O) groups is 1. The lowest BCUT2D eigenvalue weighted by Gasteiger charge is -2.26. The molecule has 4 atom stereocenters. The van der Waals surface area contributed by atoms with Gasteiger partial charge < -0.3 is 4.74 Å². The van der Waals surface area contributed by atoms with Crippen LogP contribution >= 0.6 is 11.8 Å². The summed E-state index contributed by atoms with van der Waals surface area (Å²) < 4.78 is 6.09. The molecule has 0 radical (unpaired) electrons. The third kappa shape index (κ3) is 4.52. The van der Waals surface area contributed by atoms with Crippen LogP contribution in [0.5, 0.6) is 0 Å². The first kappa shape index (κ1) is 18.8. The number of fused-ring (bicyclic) bond motifs is 2. The Labute approximate surface area is 144 Å². The maximum absolute atomic E-state index is 11.9. The van der Waals surface area contributed by atoms with Gasteiger partial charge in [-0.25, -0.2) is 5.06 Å². The second-order valence-corrected chi connectivity index (χ2v) is 8.44. The van der Waals surface area contributed by atoms with Crippen LogP contribution < -0.4 is 0 Å². The number of carbonyl (C=O) groups excluding carboxylic acids is 1. The van der Waals surface area contributed by atoms with E-state index in [4.69, 9.17) is 4.74 Å². The molecule has 0 aromatic carbocycles. The minimum absolute atomic E-state index is 0.229. The molecule has 0 aromatic rings. The number of amides is 1. The van der Waals surface area contributed by atoms with Crippen LogP contribution in [0.15, 0.2) is 12.2 Å². The van der Waals surface area contributed by atoms with E-state index < -0.39 is 5.41 Å². The number of ether oxygens (including phenoxy) is 1. The number of hydrogen-bond acceptors (Lipinski definition) is 4. The van der Waals surface area contributed by atoms with Crippen molar-refractivity contribution in [2.45, 2.75) is 58.2 Å². The number of thioether (sulfide) groups is 1. The summed E-state index contributed by atoms with van der Waals surface area (Å²) in [6.45, 7) is 3.77. The van der Waals surface area contributed by atoms with Crippen molar-refractivity contribution < 1.29 is 14.7 Å². The van der Waals surface area contributed by atoms with Crippen LogP contribution in [0, 0.1) is 17.3 Å². The smallest absolute Gasteiger partial charge is 0.251 e. The number of allylic oxidation sites excluding steroid dienone is 2. The predicted molar refractivity (Wildman–Crippen MR) is 94.6 cm³/mol. The molecule has 2 aliphatic heterocycles. The summed E-state index contributed by atoms with van der Waals surface area (Å²) in [5, 5.41) is 9.99. The molecule has 0 spiro atoms. The Morgan fingerprint density at radius 3 is 2.57 bits per heavy atom. The zero-order chi connectivity index (χ0) is 17.0. The van der Waals surface area contributed by atoms with E-state index in [1.54, 1.807) is 0 Å². The molecule has 0 aliphatic carbocycles. The molecule has 2 saturated heterocycles. The molecule has 23 heavy (non-hydrogen) atoms. The Morgan fingerprint density at radius 1 is 1.30 bits per heavy atom. The first-order valence-electron chi connectivity index (χ1n) is 8.63. The summed E-state index contributed by atoms with van der Waals surface area (Å²) in [5.74, 6) is 2.34. The van der Waals surface area contributed by atoms with Crippen LogP contribution in [-0.2, 0) is 9.53 Å². The molecular formula is C18H31NO3S. The zero-order valence-corrected chi connectivity index (χ0v) is 15.6. The summed E-state index contributed by atoms with van der Waals surface area (Å²) in [6, 6.07) is 0. The summed E-state index contributed by atoms with van der Waals surface area (Å²) in [4.78, 5) is 11.9. The Bertz CT molecular complexity index is 436. The van der Waals surface area contributed by atoms with Gasteiger partial charge in [0.1, 0.15) is 0 Å². The number of hydrogen-bond donors (Lipinski definition) is 1. The fraction of sp³-hybridized carbons (Fsp3) is 0.833. The molecule has 5 heteroatoms. The van der Waals surface area contributed by atoms with Crippen molar-refractivity contribution in [2.75, 3.05) is 19.1 Å². The Balaban J connectivity index is 1.77. The van der Waals surface area contributed by atoms with Gasteiger partial charge in [-0.1, -0.05) is 26.0 Å². The van der Waals surface area contributed by atoms with Crippen molar-refractivity contribution in [1.82, 2.24) is 5.06 Å². The average Bonchev–Trinajstić information content (AvgIpc) is 3.08. The highest BCUT2D eigenvalue weighted by Gasteiger charge is 2.47. The van der Waals surface area contributed by atoms with Crippen molar-refractivity contribution in [1.29, 1.82) is 0 Å². The lowest BCUT2D eigenvalue weighted by Crippen LogP contribution is -2.36. The first-order valence-corrected chi connectivity index (χ1v) is 10.0. The summed E-state index contributed by atoms with van der Waals surface area (Å²) >= 11 is 1.93. The van der Waals surface area contributed by atoms with E-state index in [0.717, 1.165) is 19.3 Å². The van der Waals surface area contributed by atoms with Crippen LogP contribution in [0.2, 0.25) is 0 Å². The predicted octanol–water partition coefficient (Wildman–Crippen LogP) is 3.74. The molecular weight excluding hydrogens is 310 g/mol. The fourth-order valence-corrected chi connectivity index (χ4v) is 4.83. The zero-order valence-electron chi connectivity index (χ0n) is 14.8. The largest absolute Gasteiger partial charge is 0.374 e. The molecule has 0 unspecified atom stereocenters. The molecule has 0 aromatic heterocycles.